The molecule has 0 aliphatic carbocycles. The van der Waals surface area contributed by atoms with Crippen LogP contribution < -0.4 is 5.73 Å². The number of hydrogen-bond donors (Lipinski definition) is 1. The number of nitrogens with zero attached hydrogens (tertiary/aromatic N) is 2. The van der Waals surface area contributed by atoms with Crippen LogP contribution in [-0.4, -0.2) is 16.3 Å². The number of esters is 1. The largest absolute Gasteiger partial charge is 0.455 e. The molecule has 0 radical (unpaired) electrons. The SMILES string of the molecule is Cc1cc(C(=O)OCc2nonc2C)ccc1N. The molecular weight excluding hydrogens is 234 g/mol. The van der Waals surface area contributed by atoms with E-state index in [-0.39, 0.29) is 6.61 Å². The summed E-state index contributed by atoms with van der Waals surface area (Å²) in [6, 6.07) is 4.99. The van der Waals surface area contributed by atoms with Crippen LogP contribution in [0.15, 0.2) is 22.8 Å². The van der Waals surface area contributed by atoms with E-state index in [9.17, 15) is 4.79 Å². The molecule has 2 N–H and O–H groups in total. The predicted octanol–water partition coefficient (Wildman–Crippen LogP) is 1.63. The first kappa shape index (κ1) is 12.1. The highest BCUT2D eigenvalue weighted by Gasteiger charge is 2.11. The van der Waals surface area contributed by atoms with Gasteiger partial charge in [0, 0.05) is 5.69 Å². The third kappa shape index (κ3) is 2.48. The Kier molecular flexibility index (Phi) is 3.27. The number of hydrogen-bond acceptors (Lipinski definition) is 6. The average Bonchev–Trinajstić information content (AvgIpc) is 2.75. The van der Waals surface area contributed by atoms with Gasteiger partial charge in [-0.05, 0) is 37.6 Å². The van der Waals surface area contributed by atoms with Crippen LogP contribution in [0.5, 0.6) is 0 Å². The molecular formula is C12H13N3O3. The molecule has 6 nitrogen and oxygen atoms in total. The Morgan fingerprint density at radius 3 is 2.78 bits per heavy atom. The standard InChI is InChI=1S/C12H13N3O3/c1-7-5-9(3-4-10(7)13)12(16)17-6-11-8(2)14-18-15-11/h3-5H,6,13H2,1-2H3. The van der Waals surface area contributed by atoms with E-state index in [2.05, 4.69) is 14.9 Å². The van der Waals surface area contributed by atoms with Crippen molar-refractivity contribution in [3.05, 3.63) is 40.7 Å². The van der Waals surface area contributed by atoms with E-state index in [0.29, 0.717) is 22.6 Å². The molecule has 0 saturated heterocycles. The van der Waals surface area contributed by atoms with Crippen molar-refractivity contribution in [2.75, 3.05) is 5.73 Å². The van der Waals surface area contributed by atoms with Gasteiger partial charge in [-0.2, -0.15) is 0 Å². The molecule has 0 amide bonds. The Hall–Kier alpha value is -2.37. The fourth-order valence-corrected chi connectivity index (χ4v) is 1.40. The monoisotopic (exact) mass is 247 g/mol. The van der Waals surface area contributed by atoms with Crippen molar-refractivity contribution in [2.24, 2.45) is 0 Å². The zero-order valence-electron chi connectivity index (χ0n) is 10.1. The Balaban J connectivity index is 2.04. The van der Waals surface area contributed by atoms with Gasteiger partial charge in [-0.3, -0.25) is 0 Å². The Labute approximate surface area is 104 Å². The Morgan fingerprint density at radius 2 is 2.17 bits per heavy atom. The first-order valence-electron chi connectivity index (χ1n) is 5.39. The van der Waals surface area contributed by atoms with Crippen LogP contribution >= 0.6 is 0 Å². The lowest BCUT2D eigenvalue weighted by Gasteiger charge is -2.05. The molecule has 0 aliphatic rings. The van der Waals surface area contributed by atoms with E-state index in [1.165, 1.54) is 0 Å². The van der Waals surface area contributed by atoms with Gasteiger partial charge in [-0.25, -0.2) is 9.42 Å². The number of ether oxygens (including phenoxy) is 1. The van der Waals surface area contributed by atoms with Gasteiger partial charge in [-0.1, -0.05) is 10.3 Å². The van der Waals surface area contributed by atoms with Gasteiger partial charge in [0.15, 0.2) is 0 Å². The molecule has 18 heavy (non-hydrogen) atoms. The van der Waals surface area contributed by atoms with E-state index in [4.69, 9.17) is 10.5 Å². The lowest BCUT2D eigenvalue weighted by molar-refractivity contribution is 0.0463. The summed E-state index contributed by atoms with van der Waals surface area (Å²) in [4.78, 5) is 11.8. The molecule has 0 atom stereocenters. The number of carbonyl (C=O) groups excluding carboxylic acids is 1. The molecule has 0 saturated carbocycles. The quantitative estimate of drug-likeness (QED) is 0.654. The van der Waals surface area contributed by atoms with E-state index in [1.807, 2.05) is 6.92 Å². The molecule has 94 valence electrons. The summed E-state index contributed by atoms with van der Waals surface area (Å²) < 4.78 is 9.62. The zero-order chi connectivity index (χ0) is 13.1. The maximum absolute atomic E-state index is 11.8. The van der Waals surface area contributed by atoms with Crippen molar-refractivity contribution in [1.82, 2.24) is 10.3 Å². The van der Waals surface area contributed by atoms with Gasteiger partial charge in [0.1, 0.15) is 18.0 Å². The number of carbonyl (C=O) groups is 1. The second kappa shape index (κ2) is 4.87. The highest BCUT2D eigenvalue weighted by atomic mass is 16.6. The number of nitrogens with two attached hydrogens (primary N) is 1. The van der Waals surface area contributed by atoms with Crippen LogP contribution in [0.3, 0.4) is 0 Å². The molecule has 2 aromatic rings. The first-order chi connectivity index (χ1) is 8.58. The summed E-state index contributed by atoms with van der Waals surface area (Å²) in [5.41, 5.74) is 8.73. The van der Waals surface area contributed by atoms with Crippen LogP contribution in [-0.2, 0) is 11.3 Å². The number of anilines is 1. The highest BCUT2D eigenvalue weighted by molar-refractivity contribution is 5.90. The van der Waals surface area contributed by atoms with E-state index in [0.717, 1.165) is 5.56 Å². The number of aromatic nitrogens is 2. The summed E-state index contributed by atoms with van der Waals surface area (Å²) in [5.74, 6) is -0.430. The molecule has 1 aromatic heterocycles. The van der Waals surface area contributed by atoms with Crippen molar-refractivity contribution in [1.29, 1.82) is 0 Å². The minimum atomic E-state index is -0.430. The van der Waals surface area contributed by atoms with Gasteiger partial charge in [-0.15, -0.1) is 0 Å². The van der Waals surface area contributed by atoms with Crippen molar-refractivity contribution < 1.29 is 14.2 Å². The minimum absolute atomic E-state index is 0.0393. The third-order valence-corrected chi connectivity index (χ3v) is 2.59. The summed E-state index contributed by atoms with van der Waals surface area (Å²) in [6.45, 7) is 3.60. The summed E-state index contributed by atoms with van der Waals surface area (Å²) >= 11 is 0. The smallest absolute Gasteiger partial charge is 0.338 e. The van der Waals surface area contributed by atoms with E-state index in [1.54, 1.807) is 25.1 Å². The van der Waals surface area contributed by atoms with Crippen LogP contribution in [0.1, 0.15) is 27.3 Å². The second-order valence-electron chi connectivity index (χ2n) is 3.94. The summed E-state index contributed by atoms with van der Waals surface area (Å²) in [7, 11) is 0. The normalized spacial score (nSPS) is 10.3. The van der Waals surface area contributed by atoms with Crippen LogP contribution in [0, 0.1) is 13.8 Å². The molecule has 0 unspecified atom stereocenters. The third-order valence-electron chi connectivity index (χ3n) is 2.59. The van der Waals surface area contributed by atoms with Crippen molar-refractivity contribution in [3.8, 4) is 0 Å². The lowest BCUT2D eigenvalue weighted by Crippen LogP contribution is -2.07. The molecule has 0 fully saturated rings. The Bertz CT molecular complexity index is 578. The van der Waals surface area contributed by atoms with Crippen molar-refractivity contribution in [2.45, 2.75) is 20.5 Å². The minimum Gasteiger partial charge on any atom is -0.455 e. The van der Waals surface area contributed by atoms with E-state index >= 15 is 0 Å². The topological polar surface area (TPSA) is 91.2 Å². The molecule has 1 aromatic carbocycles. The molecule has 0 aliphatic heterocycles. The highest BCUT2D eigenvalue weighted by Crippen LogP contribution is 2.14. The van der Waals surface area contributed by atoms with Crippen LogP contribution in [0.2, 0.25) is 0 Å². The van der Waals surface area contributed by atoms with Gasteiger partial charge < -0.3 is 10.5 Å². The molecule has 2 rings (SSSR count). The predicted molar refractivity (Wildman–Crippen MR) is 63.7 cm³/mol. The van der Waals surface area contributed by atoms with Gasteiger partial charge in [0.2, 0.25) is 0 Å². The lowest BCUT2D eigenvalue weighted by atomic mass is 10.1. The van der Waals surface area contributed by atoms with Gasteiger partial charge >= 0.3 is 5.97 Å². The molecule has 1 heterocycles. The zero-order valence-corrected chi connectivity index (χ0v) is 10.1. The van der Waals surface area contributed by atoms with Crippen LogP contribution in [0.25, 0.3) is 0 Å². The number of nitrogen functional groups attached to an aromatic ring is 1. The maximum atomic E-state index is 11.8. The van der Waals surface area contributed by atoms with Crippen molar-refractivity contribution in [3.63, 3.8) is 0 Å². The summed E-state index contributed by atoms with van der Waals surface area (Å²) in [6.07, 6.45) is 0. The van der Waals surface area contributed by atoms with Gasteiger partial charge in [0.05, 0.1) is 5.56 Å². The molecule has 0 bridgehead atoms. The van der Waals surface area contributed by atoms with E-state index < -0.39 is 5.97 Å². The second-order valence-corrected chi connectivity index (χ2v) is 3.94. The molecule has 0 spiro atoms. The first-order valence-corrected chi connectivity index (χ1v) is 5.39. The summed E-state index contributed by atoms with van der Waals surface area (Å²) in [5, 5.41) is 7.23. The fourth-order valence-electron chi connectivity index (χ4n) is 1.40. The number of aryl methyl sites for hydroxylation is 2. The average molecular weight is 247 g/mol. The Morgan fingerprint density at radius 1 is 1.39 bits per heavy atom. The number of benzene rings is 1. The van der Waals surface area contributed by atoms with Crippen molar-refractivity contribution >= 4 is 11.7 Å². The molecule has 6 heteroatoms. The van der Waals surface area contributed by atoms with Gasteiger partial charge in [0.25, 0.3) is 0 Å². The maximum Gasteiger partial charge on any atom is 0.338 e. The van der Waals surface area contributed by atoms with Crippen LogP contribution in [0.4, 0.5) is 5.69 Å². The fraction of sp³-hybridized carbons (Fsp3) is 0.250. The number of rotatable bonds is 3.